The minimum Gasteiger partial charge on any atom is -0.461 e. The van der Waals surface area contributed by atoms with Crippen molar-refractivity contribution in [2.75, 3.05) is 65.0 Å². The number of hydrogen-bond donors (Lipinski definition) is 2. The van der Waals surface area contributed by atoms with Crippen molar-refractivity contribution in [3.05, 3.63) is 85.2 Å². The number of carbonyl (C=O) groups excluding carboxylic acids is 3. The Morgan fingerprint density at radius 3 is 2.48 bits per heavy atom. The van der Waals surface area contributed by atoms with Gasteiger partial charge >= 0.3 is 12.1 Å². The Balaban J connectivity index is 1.02. The molecule has 15 nitrogen and oxygen atoms in total. The maximum Gasteiger partial charge on any atom is 0.407 e. The van der Waals surface area contributed by atoms with E-state index in [4.69, 9.17) is 34.5 Å². The number of allylic oxidation sites excluding steroid dienone is 1. The number of hydrogen-bond acceptors (Lipinski definition) is 12. The summed E-state index contributed by atoms with van der Waals surface area (Å²) in [6.45, 7) is 4.68. The van der Waals surface area contributed by atoms with Crippen LogP contribution in [0.1, 0.15) is 38.6 Å². The van der Waals surface area contributed by atoms with Gasteiger partial charge < -0.3 is 39.6 Å². The SMILES string of the molecule is C/C=C\COC(=O)CCCOCCOCCOC(=O)NC/C=C/C(=O)N1CCC[C@@H](n2nc(-c3ccc(Oc4ccccc4)cc3)c3c(N)ncnc32)C1. The molecule has 2 amide bonds. The number of ether oxygens (including phenoxy) is 5. The van der Waals surface area contributed by atoms with Crippen LogP contribution in [0.5, 0.6) is 11.5 Å². The second kappa shape index (κ2) is 21.0. The Hall–Kier alpha value is -5.80. The van der Waals surface area contributed by atoms with Gasteiger partial charge in [0, 0.05) is 44.3 Å². The van der Waals surface area contributed by atoms with E-state index in [0.29, 0.717) is 74.0 Å². The van der Waals surface area contributed by atoms with Crippen LogP contribution in [-0.4, -0.2) is 102 Å². The smallest absolute Gasteiger partial charge is 0.407 e. The van der Waals surface area contributed by atoms with Crippen LogP contribution in [-0.2, 0) is 28.5 Å². The van der Waals surface area contributed by atoms with Crippen molar-refractivity contribution in [1.29, 1.82) is 0 Å². The van der Waals surface area contributed by atoms with Crippen LogP contribution >= 0.6 is 0 Å². The number of nitrogen functional groups attached to an aromatic ring is 1. The van der Waals surface area contributed by atoms with Gasteiger partial charge in [0.05, 0.1) is 31.2 Å². The van der Waals surface area contributed by atoms with Crippen LogP contribution in [0, 0.1) is 0 Å². The van der Waals surface area contributed by atoms with Crippen LogP contribution in [0.4, 0.5) is 10.6 Å². The van der Waals surface area contributed by atoms with Crippen molar-refractivity contribution < 1.29 is 38.1 Å². The van der Waals surface area contributed by atoms with E-state index in [9.17, 15) is 14.4 Å². The number of likely N-dealkylation sites (tertiary alicyclic amines) is 1. The Labute approximate surface area is 314 Å². The monoisotopic (exact) mass is 741 g/mol. The van der Waals surface area contributed by atoms with Crippen molar-refractivity contribution in [3.63, 3.8) is 0 Å². The summed E-state index contributed by atoms with van der Waals surface area (Å²) in [5.41, 5.74) is 8.44. The first-order valence-electron chi connectivity index (χ1n) is 18.0. The van der Waals surface area contributed by atoms with Crippen molar-refractivity contribution in [2.45, 2.75) is 38.6 Å². The van der Waals surface area contributed by atoms with Crippen LogP contribution in [0.15, 0.2) is 85.2 Å². The summed E-state index contributed by atoms with van der Waals surface area (Å²) in [7, 11) is 0. The van der Waals surface area contributed by atoms with Crippen LogP contribution in [0.25, 0.3) is 22.3 Å². The number of benzene rings is 2. The van der Waals surface area contributed by atoms with E-state index in [1.54, 1.807) is 17.1 Å². The number of nitrogens with zero attached hydrogens (tertiary/aromatic N) is 5. The van der Waals surface area contributed by atoms with Gasteiger partial charge in [-0.15, -0.1) is 0 Å². The number of nitrogens with one attached hydrogen (secondary N) is 1. The Morgan fingerprint density at radius 2 is 1.69 bits per heavy atom. The lowest BCUT2D eigenvalue weighted by Crippen LogP contribution is -2.40. The molecule has 54 heavy (non-hydrogen) atoms. The van der Waals surface area contributed by atoms with Crippen LogP contribution < -0.4 is 15.8 Å². The quantitative estimate of drug-likeness (QED) is 0.0552. The highest BCUT2D eigenvalue weighted by Crippen LogP contribution is 2.35. The van der Waals surface area contributed by atoms with E-state index in [-0.39, 0.29) is 44.3 Å². The lowest BCUT2D eigenvalue weighted by Gasteiger charge is -2.32. The molecular formula is C39H47N7O8. The number of para-hydroxylation sites is 1. The first-order valence-corrected chi connectivity index (χ1v) is 18.0. The third-order valence-corrected chi connectivity index (χ3v) is 8.38. The number of anilines is 1. The van der Waals surface area contributed by atoms with Crippen molar-refractivity contribution in [3.8, 4) is 22.8 Å². The summed E-state index contributed by atoms with van der Waals surface area (Å²) < 4.78 is 28.8. The number of rotatable bonds is 19. The van der Waals surface area contributed by atoms with Gasteiger partial charge in [0.2, 0.25) is 5.91 Å². The molecule has 0 spiro atoms. The molecule has 1 atom stereocenters. The van der Waals surface area contributed by atoms with E-state index in [0.717, 1.165) is 24.2 Å². The molecular weight excluding hydrogens is 694 g/mol. The van der Waals surface area contributed by atoms with Crippen molar-refractivity contribution in [2.24, 2.45) is 0 Å². The summed E-state index contributed by atoms with van der Waals surface area (Å²) in [4.78, 5) is 47.2. The number of amides is 2. The molecule has 1 aliphatic rings. The number of fused-ring (bicyclic) bond motifs is 1. The molecule has 0 bridgehead atoms. The van der Waals surface area contributed by atoms with E-state index in [1.807, 2.05) is 72.3 Å². The summed E-state index contributed by atoms with van der Waals surface area (Å²) >= 11 is 0. The zero-order valence-electron chi connectivity index (χ0n) is 30.4. The van der Waals surface area contributed by atoms with Crippen LogP contribution in [0.3, 0.4) is 0 Å². The van der Waals surface area contributed by atoms with E-state index < -0.39 is 6.09 Å². The molecule has 1 saturated heterocycles. The molecule has 3 heterocycles. The lowest BCUT2D eigenvalue weighted by molar-refractivity contribution is -0.142. The number of aromatic nitrogens is 4. The van der Waals surface area contributed by atoms with E-state index in [2.05, 4.69) is 15.3 Å². The Morgan fingerprint density at radius 1 is 0.926 bits per heavy atom. The molecule has 2 aromatic carbocycles. The standard InChI is InChI=1S/C39H47N7O8/c1-2-3-22-52-34(48)14-9-21-50-23-24-51-25-26-53-39(49)41-19-7-13-33(47)45-20-8-10-30(27-45)46-38-35(37(40)42-28-43-38)36(44-46)29-15-17-32(18-16-29)54-31-11-5-4-6-12-31/h2-7,11-13,15-18,28,30H,8-10,14,19-27H2,1H3,(H,41,49)(H2,40,42,43)/b3-2-,13-7+/t30-/m1/s1. The van der Waals surface area contributed by atoms with Gasteiger partial charge in [-0.3, -0.25) is 9.59 Å². The topological polar surface area (TPSA) is 182 Å². The largest absolute Gasteiger partial charge is 0.461 e. The fraction of sp³-hybridized carbons (Fsp3) is 0.385. The predicted molar refractivity (Wildman–Crippen MR) is 202 cm³/mol. The molecule has 2 aromatic heterocycles. The minimum absolute atomic E-state index is 0.0655. The van der Waals surface area contributed by atoms with Gasteiger partial charge in [-0.25, -0.2) is 19.4 Å². The van der Waals surface area contributed by atoms with Crippen molar-refractivity contribution in [1.82, 2.24) is 30.0 Å². The second-order valence-electron chi connectivity index (χ2n) is 12.3. The molecule has 286 valence electrons. The lowest BCUT2D eigenvalue weighted by atomic mass is 10.1. The highest BCUT2D eigenvalue weighted by atomic mass is 16.6. The van der Waals surface area contributed by atoms with Gasteiger partial charge in [0.25, 0.3) is 0 Å². The highest BCUT2D eigenvalue weighted by molar-refractivity contribution is 5.98. The first-order chi connectivity index (χ1) is 26.4. The van der Waals surface area contributed by atoms with E-state index in [1.165, 1.54) is 12.4 Å². The normalized spacial score (nSPS) is 14.5. The van der Waals surface area contributed by atoms with Gasteiger partial charge in [-0.05, 0) is 62.6 Å². The maximum absolute atomic E-state index is 13.1. The van der Waals surface area contributed by atoms with Gasteiger partial charge in [0.1, 0.15) is 42.6 Å². The zero-order valence-corrected chi connectivity index (χ0v) is 30.4. The Bertz CT molecular complexity index is 1860. The molecule has 0 saturated carbocycles. The molecule has 15 heteroatoms. The molecule has 1 fully saturated rings. The molecule has 0 aliphatic carbocycles. The number of esters is 1. The molecule has 5 rings (SSSR count). The van der Waals surface area contributed by atoms with Gasteiger partial charge in [-0.1, -0.05) is 36.4 Å². The number of nitrogens with two attached hydrogens (primary N) is 1. The summed E-state index contributed by atoms with van der Waals surface area (Å²) in [6.07, 6.45) is 9.87. The van der Waals surface area contributed by atoms with Gasteiger partial charge in [0.15, 0.2) is 5.65 Å². The zero-order chi connectivity index (χ0) is 38.0. The first kappa shape index (κ1) is 39.4. The Kier molecular flexibility index (Phi) is 15.4. The minimum atomic E-state index is -0.618. The number of carbonyl (C=O) groups is 3. The summed E-state index contributed by atoms with van der Waals surface area (Å²) in [5.74, 6) is 1.33. The van der Waals surface area contributed by atoms with Crippen LogP contribution in [0.2, 0.25) is 0 Å². The number of piperidine rings is 1. The average Bonchev–Trinajstić information content (AvgIpc) is 3.59. The third-order valence-electron chi connectivity index (χ3n) is 8.38. The molecule has 1 aliphatic heterocycles. The van der Waals surface area contributed by atoms with E-state index >= 15 is 0 Å². The fourth-order valence-electron chi connectivity index (χ4n) is 5.71. The molecule has 4 aromatic rings. The number of alkyl carbamates (subject to hydrolysis) is 1. The highest BCUT2D eigenvalue weighted by Gasteiger charge is 2.28. The average molecular weight is 742 g/mol. The third kappa shape index (κ3) is 11.9. The molecule has 0 radical (unpaired) electrons. The summed E-state index contributed by atoms with van der Waals surface area (Å²) in [6, 6.07) is 17.0. The predicted octanol–water partition coefficient (Wildman–Crippen LogP) is 5.25. The molecule has 0 unspecified atom stereocenters. The maximum atomic E-state index is 13.1. The summed E-state index contributed by atoms with van der Waals surface area (Å²) in [5, 5.41) is 8.21. The second-order valence-corrected chi connectivity index (χ2v) is 12.3. The fourth-order valence-corrected chi connectivity index (χ4v) is 5.71. The molecule has 3 N–H and O–H groups in total. The van der Waals surface area contributed by atoms with Crippen molar-refractivity contribution >= 4 is 34.8 Å². The van der Waals surface area contributed by atoms with Gasteiger partial charge in [-0.2, -0.15) is 5.10 Å².